The zero-order chi connectivity index (χ0) is 11.5. The van der Waals surface area contributed by atoms with Crippen LogP contribution in [0.2, 0.25) is 0 Å². The van der Waals surface area contributed by atoms with Crippen molar-refractivity contribution < 1.29 is 9.53 Å². The van der Waals surface area contributed by atoms with E-state index in [0.29, 0.717) is 5.56 Å². The number of para-hydroxylation sites is 1. The molecule has 0 saturated heterocycles. The number of pyridine rings is 1. The SMILES string of the molecule is COC(C)C(=O)c1cnc2ccccc2c1. The molecule has 2 rings (SSSR count). The number of hydrogen-bond donors (Lipinski definition) is 0. The number of methoxy groups -OCH3 is 1. The average Bonchev–Trinajstić information content (AvgIpc) is 2.36. The first-order valence-corrected chi connectivity index (χ1v) is 5.14. The summed E-state index contributed by atoms with van der Waals surface area (Å²) < 4.78 is 5.00. The molecule has 1 unspecified atom stereocenters. The zero-order valence-electron chi connectivity index (χ0n) is 9.31. The van der Waals surface area contributed by atoms with Gasteiger partial charge in [-0.2, -0.15) is 0 Å². The highest BCUT2D eigenvalue weighted by atomic mass is 16.5. The predicted octanol–water partition coefficient (Wildman–Crippen LogP) is 2.45. The molecule has 0 aliphatic rings. The smallest absolute Gasteiger partial charge is 0.192 e. The summed E-state index contributed by atoms with van der Waals surface area (Å²) in [4.78, 5) is 16.1. The highest BCUT2D eigenvalue weighted by Crippen LogP contribution is 2.14. The van der Waals surface area contributed by atoms with Gasteiger partial charge in [0.15, 0.2) is 5.78 Å². The molecule has 3 nitrogen and oxygen atoms in total. The maximum absolute atomic E-state index is 11.9. The van der Waals surface area contributed by atoms with E-state index in [4.69, 9.17) is 4.74 Å². The summed E-state index contributed by atoms with van der Waals surface area (Å²) in [6.45, 7) is 1.73. The van der Waals surface area contributed by atoms with Gasteiger partial charge in [0.1, 0.15) is 6.10 Å². The molecular weight excluding hydrogens is 202 g/mol. The van der Waals surface area contributed by atoms with Gasteiger partial charge in [-0.3, -0.25) is 9.78 Å². The van der Waals surface area contributed by atoms with Gasteiger partial charge in [0.05, 0.1) is 5.52 Å². The molecule has 0 spiro atoms. The van der Waals surface area contributed by atoms with Gasteiger partial charge in [-0.1, -0.05) is 18.2 Å². The van der Waals surface area contributed by atoms with Crippen LogP contribution in [-0.4, -0.2) is 24.0 Å². The quantitative estimate of drug-likeness (QED) is 0.738. The molecule has 1 heterocycles. The molecular formula is C13H13NO2. The van der Waals surface area contributed by atoms with E-state index in [9.17, 15) is 4.79 Å². The standard InChI is InChI=1S/C13H13NO2/c1-9(16-2)13(15)11-7-10-5-3-4-6-12(10)14-8-11/h3-9H,1-2H3. The number of carbonyl (C=O) groups is 1. The third kappa shape index (κ3) is 1.95. The van der Waals surface area contributed by atoms with E-state index in [2.05, 4.69) is 4.98 Å². The van der Waals surface area contributed by atoms with Gasteiger partial charge in [-0.15, -0.1) is 0 Å². The Balaban J connectivity index is 2.43. The third-order valence-electron chi connectivity index (χ3n) is 2.60. The lowest BCUT2D eigenvalue weighted by Gasteiger charge is -2.08. The summed E-state index contributed by atoms with van der Waals surface area (Å²) in [7, 11) is 1.52. The van der Waals surface area contributed by atoms with Crippen LogP contribution in [0.15, 0.2) is 36.5 Å². The van der Waals surface area contributed by atoms with Gasteiger partial charge in [0.2, 0.25) is 0 Å². The summed E-state index contributed by atoms with van der Waals surface area (Å²) in [5, 5.41) is 0.969. The predicted molar refractivity (Wildman–Crippen MR) is 62.5 cm³/mol. The minimum Gasteiger partial charge on any atom is -0.374 e. The van der Waals surface area contributed by atoms with Crippen LogP contribution in [0.25, 0.3) is 10.9 Å². The van der Waals surface area contributed by atoms with Gasteiger partial charge < -0.3 is 4.74 Å². The molecule has 0 aliphatic carbocycles. The Labute approximate surface area is 94.1 Å². The lowest BCUT2D eigenvalue weighted by molar-refractivity contribution is 0.0655. The first-order chi connectivity index (χ1) is 7.72. The van der Waals surface area contributed by atoms with Crippen LogP contribution in [0, 0.1) is 0 Å². The molecule has 0 radical (unpaired) electrons. The van der Waals surface area contributed by atoms with Crippen molar-refractivity contribution >= 4 is 16.7 Å². The fourth-order valence-electron chi connectivity index (χ4n) is 1.55. The maximum Gasteiger partial charge on any atom is 0.192 e. The summed E-state index contributed by atoms with van der Waals surface area (Å²) in [6, 6.07) is 9.56. The molecule has 0 amide bonds. The molecule has 3 heteroatoms. The average molecular weight is 215 g/mol. The molecule has 1 aromatic heterocycles. The van der Waals surface area contributed by atoms with Crippen LogP contribution in [0.5, 0.6) is 0 Å². The van der Waals surface area contributed by atoms with Crippen molar-refractivity contribution in [1.29, 1.82) is 0 Å². The Morgan fingerprint density at radius 1 is 1.38 bits per heavy atom. The molecule has 0 aliphatic heterocycles. The summed E-state index contributed by atoms with van der Waals surface area (Å²) in [5.41, 5.74) is 1.48. The van der Waals surface area contributed by atoms with Gasteiger partial charge in [0.25, 0.3) is 0 Å². The molecule has 1 aromatic carbocycles. The van der Waals surface area contributed by atoms with Crippen molar-refractivity contribution in [3.8, 4) is 0 Å². The normalized spacial score (nSPS) is 12.6. The van der Waals surface area contributed by atoms with E-state index in [1.54, 1.807) is 13.1 Å². The van der Waals surface area contributed by atoms with Gasteiger partial charge >= 0.3 is 0 Å². The molecule has 0 bridgehead atoms. The van der Waals surface area contributed by atoms with Gasteiger partial charge in [-0.05, 0) is 19.1 Å². The lowest BCUT2D eigenvalue weighted by atomic mass is 10.1. The second-order valence-electron chi connectivity index (χ2n) is 3.66. The van der Waals surface area contributed by atoms with Crippen LogP contribution in [0.4, 0.5) is 0 Å². The van der Waals surface area contributed by atoms with Crippen LogP contribution in [0.1, 0.15) is 17.3 Å². The lowest BCUT2D eigenvalue weighted by Crippen LogP contribution is -2.19. The third-order valence-corrected chi connectivity index (χ3v) is 2.60. The number of carbonyl (C=O) groups excluding carboxylic acids is 1. The van der Waals surface area contributed by atoms with E-state index in [1.165, 1.54) is 7.11 Å². The summed E-state index contributed by atoms with van der Waals surface area (Å²) in [6.07, 6.45) is 1.17. The number of ketones is 1. The van der Waals surface area contributed by atoms with E-state index >= 15 is 0 Å². The number of ether oxygens (including phenoxy) is 1. The maximum atomic E-state index is 11.9. The Kier molecular flexibility index (Phi) is 2.97. The number of aromatic nitrogens is 1. The molecule has 0 N–H and O–H groups in total. The van der Waals surface area contributed by atoms with Crippen molar-refractivity contribution in [2.75, 3.05) is 7.11 Å². The Morgan fingerprint density at radius 2 is 2.12 bits per heavy atom. The molecule has 1 atom stereocenters. The molecule has 82 valence electrons. The number of hydrogen-bond acceptors (Lipinski definition) is 3. The number of Topliss-reactive ketones (excluding diaryl/α,β-unsaturated/α-hetero) is 1. The van der Waals surface area contributed by atoms with Crippen molar-refractivity contribution in [1.82, 2.24) is 4.98 Å². The Hall–Kier alpha value is -1.74. The Morgan fingerprint density at radius 3 is 2.88 bits per heavy atom. The topological polar surface area (TPSA) is 39.2 Å². The van der Waals surface area contributed by atoms with Crippen LogP contribution in [-0.2, 0) is 4.74 Å². The summed E-state index contributed by atoms with van der Waals surface area (Å²) in [5.74, 6) is -0.0410. The second kappa shape index (κ2) is 4.41. The van der Waals surface area contributed by atoms with Crippen molar-refractivity contribution in [2.45, 2.75) is 13.0 Å². The highest BCUT2D eigenvalue weighted by Gasteiger charge is 2.14. The number of benzene rings is 1. The van der Waals surface area contributed by atoms with Crippen molar-refractivity contribution in [2.24, 2.45) is 0 Å². The first kappa shape index (κ1) is 10.8. The minimum atomic E-state index is -0.428. The molecule has 0 fully saturated rings. The van der Waals surface area contributed by atoms with E-state index < -0.39 is 6.10 Å². The first-order valence-electron chi connectivity index (χ1n) is 5.14. The van der Waals surface area contributed by atoms with Crippen LogP contribution >= 0.6 is 0 Å². The van der Waals surface area contributed by atoms with E-state index in [-0.39, 0.29) is 5.78 Å². The largest absolute Gasteiger partial charge is 0.374 e. The number of nitrogens with zero attached hydrogens (tertiary/aromatic N) is 1. The molecule has 0 saturated carbocycles. The minimum absolute atomic E-state index is 0.0410. The fraction of sp³-hybridized carbons (Fsp3) is 0.231. The number of rotatable bonds is 3. The zero-order valence-corrected chi connectivity index (χ0v) is 9.31. The van der Waals surface area contributed by atoms with E-state index in [1.807, 2.05) is 30.3 Å². The van der Waals surface area contributed by atoms with Gasteiger partial charge in [0, 0.05) is 24.3 Å². The van der Waals surface area contributed by atoms with Crippen molar-refractivity contribution in [3.05, 3.63) is 42.1 Å². The highest BCUT2D eigenvalue weighted by molar-refractivity contribution is 6.01. The fourth-order valence-corrected chi connectivity index (χ4v) is 1.55. The van der Waals surface area contributed by atoms with Crippen molar-refractivity contribution in [3.63, 3.8) is 0 Å². The van der Waals surface area contributed by atoms with Crippen LogP contribution in [0.3, 0.4) is 0 Å². The summed E-state index contributed by atoms with van der Waals surface area (Å²) >= 11 is 0. The van der Waals surface area contributed by atoms with E-state index in [0.717, 1.165) is 10.9 Å². The molecule has 2 aromatic rings. The second-order valence-corrected chi connectivity index (χ2v) is 3.66. The van der Waals surface area contributed by atoms with Gasteiger partial charge in [-0.25, -0.2) is 0 Å². The Bertz CT molecular complexity index is 522. The monoisotopic (exact) mass is 215 g/mol. The number of fused-ring (bicyclic) bond motifs is 1. The van der Waals surface area contributed by atoms with Crippen LogP contribution < -0.4 is 0 Å². The molecule has 16 heavy (non-hydrogen) atoms.